The van der Waals surface area contributed by atoms with E-state index in [1.165, 1.54) is 0 Å². The van der Waals surface area contributed by atoms with Crippen molar-refractivity contribution < 1.29 is 4.79 Å². The van der Waals surface area contributed by atoms with Crippen molar-refractivity contribution >= 4 is 34.3 Å². The molecular formula is C24H27N5O. The molecule has 0 radical (unpaired) electrons. The minimum absolute atomic E-state index is 0.106. The van der Waals surface area contributed by atoms with Gasteiger partial charge in [-0.1, -0.05) is 0 Å². The monoisotopic (exact) mass is 401 g/mol. The first kappa shape index (κ1) is 19.8. The maximum Gasteiger partial charge on any atom is 0.255 e. The molecule has 3 aromatic carbocycles. The minimum Gasteiger partial charge on any atom is -0.388 e. The summed E-state index contributed by atoms with van der Waals surface area (Å²) in [5.74, 6) is -0.106. The molecule has 1 aliphatic heterocycles. The number of carbonyl (C=O) groups excluding carboxylic acids is 1. The fraction of sp³-hybridized carbons (Fsp3) is 0.208. The SMILES string of the molecule is CNc1ccc(Nc2ccc(NC(=O)c3ccc(N4CCNCC4)cc3)cc2)cc1. The molecule has 0 aliphatic carbocycles. The van der Waals surface area contributed by atoms with Crippen molar-refractivity contribution in [1.29, 1.82) is 0 Å². The lowest BCUT2D eigenvalue weighted by Gasteiger charge is -2.29. The molecule has 1 heterocycles. The molecule has 1 amide bonds. The third kappa shape index (κ3) is 4.90. The Labute approximate surface area is 177 Å². The number of hydrogen-bond acceptors (Lipinski definition) is 5. The quantitative estimate of drug-likeness (QED) is 0.500. The van der Waals surface area contributed by atoms with Crippen LogP contribution in [0.5, 0.6) is 0 Å². The van der Waals surface area contributed by atoms with E-state index in [0.717, 1.165) is 54.6 Å². The molecule has 0 unspecified atom stereocenters. The van der Waals surface area contributed by atoms with Crippen LogP contribution in [0.1, 0.15) is 10.4 Å². The Bertz CT molecular complexity index is 962. The highest BCUT2D eigenvalue weighted by Gasteiger charge is 2.12. The summed E-state index contributed by atoms with van der Waals surface area (Å²) in [6, 6.07) is 23.6. The average Bonchev–Trinajstić information content (AvgIpc) is 2.81. The Hall–Kier alpha value is -3.51. The number of nitrogens with zero attached hydrogens (tertiary/aromatic N) is 1. The fourth-order valence-corrected chi connectivity index (χ4v) is 3.47. The highest BCUT2D eigenvalue weighted by atomic mass is 16.1. The third-order valence-electron chi connectivity index (χ3n) is 5.22. The largest absolute Gasteiger partial charge is 0.388 e. The van der Waals surface area contributed by atoms with Gasteiger partial charge in [-0.3, -0.25) is 4.79 Å². The highest BCUT2D eigenvalue weighted by molar-refractivity contribution is 6.04. The van der Waals surface area contributed by atoms with Crippen LogP contribution in [0.15, 0.2) is 72.8 Å². The van der Waals surface area contributed by atoms with Crippen molar-refractivity contribution in [3.05, 3.63) is 78.4 Å². The summed E-state index contributed by atoms with van der Waals surface area (Å²) in [6.07, 6.45) is 0. The maximum atomic E-state index is 12.6. The van der Waals surface area contributed by atoms with Crippen LogP contribution in [-0.4, -0.2) is 39.1 Å². The molecular weight excluding hydrogens is 374 g/mol. The van der Waals surface area contributed by atoms with Crippen LogP contribution in [0.4, 0.5) is 28.4 Å². The van der Waals surface area contributed by atoms with Crippen LogP contribution in [0.25, 0.3) is 0 Å². The first-order chi connectivity index (χ1) is 14.7. The van der Waals surface area contributed by atoms with Gasteiger partial charge in [0.25, 0.3) is 5.91 Å². The molecule has 1 aliphatic rings. The second kappa shape index (κ2) is 9.33. The van der Waals surface area contributed by atoms with Crippen LogP contribution < -0.4 is 26.2 Å². The molecule has 6 heteroatoms. The molecule has 0 atom stereocenters. The number of anilines is 5. The fourth-order valence-electron chi connectivity index (χ4n) is 3.47. The summed E-state index contributed by atoms with van der Waals surface area (Å²) in [5.41, 5.74) is 5.62. The molecule has 4 N–H and O–H groups in total. The normalized spacial score (nSPS) is 13.6. The van der Waals surface area contributed by atoms with Gasteiger partial charge < -0.3 is 26.2 Å². The molecule has 3 aromatic rings. The van der Waals surface area contributed by atoms with E-state index in [1.807, 2.05) is 79.8 Å². The highest BCUT2D eigenvalue weighted by Crippen LogP contribution is 2.21. The van der Waals surface area contributed by atoms with Gasteiger partial charge in [0.05, 0.1) is 0 Å². The average molecular weight is 402 g/mol. The van der Waals surface area contributed by atoms with E-state index < -0.39 is 0 Å². The van der Waals surface area contributed by atoms with Crippen LogP contribution in [0.2, 0.25) is 0 Å². The van der Waals surface area contributed by atoms with Gasteiger partial charge in [0, 0.05) is 67.2 Å². The van der Waals surface area contributed by atoms with Crippen LogP contribution in [0.3, 0.4) is 0 Å². The predicted octanol–water partition coefficient (Wildman–Crippen LogP) is 4.13. The molecule has 0 saturated carbocycles. The van der Waals surface area contributed by atoms with E-state index in [1.54, 1.807) is 0 Å². The van der Waals surface area contributed by atoms with E-state index >= 15 is 0 Å². The topological polar surface area (TPSA) is 68.4 Å². The lowest BCUT2D eigenvalue weighted by atomic mass is 10.1. The number of benzene rings is 3. The number of carbonyl (C=O) groups is 1. The van der Waals surface area contributed by atoms with Gasteiger partial charge in [-0.25, -0.2) is 0 Å². The standard InChI is InChI=1S/C24H27N5O/c1-25-19-4-6-20(7-5-19)27-21-8-10-22(11-9-21)28-24(30)18-2-12-23(13-3-18)29-16-14-26-15-17-29/h2-13,25-27H,14-17H2,1H3,(H,28,30). The van der Waals surface area contributed by atoms with Crippen molar-refractivity contribution in [2.24, 2.45) is 0 Å². The van der Waals surface area contributed by atoms with Gasteiger partial charge in [-0.2, -0.15) is 0 Å². The molecule has 1 saturated heterocycles. The molecule has 0 aromatic heterocycles. The van der Waals surface area contributed by atoms with Gasteiger partial charge in [0.1, 0.15) is 0 Å². The lowest BCUT2D eigenvalue weighted by Crippen LogP contribution is -2.43. The van der Waals surface area contributed by atoms with Crippen LogP contribution in [0, 0.1) is 0 Å². The number of rotatable bonds is 6. The Morgan fingerprint density at radius 1 is 0.767 bits per heavy atom. The lowest BCUT2D eigenvalue weighted by molar-refractivity contribution is 0.102. The molecule has 0 bridgehead atoms. The molecule has 4 rings (SSSR count). The summed E-state index contributed by atoms with van der Waals surface area (Å²) >= 11 is 0. The Morgan fingerprint density at radius 2 is 1.30 bits per heavy atom. The maximum absolute atomic E-state index is 12.6. The second-order valence-corrected chi connectivity index (χ2v) is 7.27. The summed E-state index contributed by atoms with van der Waals surface area (Å²) in [7, 11) is 1.90. The van der Waals surface area contributed by atoms with E-state index in [-0.39, 0.29) is 5.91 Å². The molecule has 6 nitrogen and oxygen atoms in total. The van der Waals surface area contributed by atoms with Crippen LogP contribution in [-0.2, 0) is 0 Å². The van der Waals surface area contributed by atoms with E-state index in [4.69, 9.17) is 0 Å². The molecule has 0 spiro atoms. The summed E-state index contributed by atoms with van der Waals surface area (Å²) in [5, 5.41) is 12.8. The van der Waals surface area contributed by atoms with Crippen molar-refractivity contribution in [1.82, 2.24) is 5.32 Å². The van der Waals surface area contributed by atoms with Gasteiger partial charge in [0.15, 0.2) is 0 Å². The van der Waals surface area contributed by atoms with Gasteiger partial charge in [-0.15, -0.1) is 0 Å². The van der Waals surface area contributed by atoms with Crippen LogP contribution >= 0.6 is 0 Å². The van der Waals surface area contributed by atoms with Crippen molar-refractivity contribution in [3.8, 4) is 0 Å². The minimum atomic E-state index is -0.106. The third-order valence-corrected chi connectivity index (χ3v) is 5.22. The molecule has 154 valence electrons. The van der Waals surface area contributed by atoms with Crippen molar-refractivity contribution in [3.63, 3.8) is 0 Å². The summed E-state index contributed by atoms with van der Waals surface area (Å²) in [4.78, 5) is 14.9. The summed E-state index contributed by atoms with van der Waals surface area (Å²) in [6.45, 7) is 3.97. The Morgan fingerprint density at radius 3 is 1.87 bits per heavy atom. The van der Waals surface area contributed by atoms with Gasteiger partial charge in [0.2, 0.25) is 0 Å². The van der Waals surface area contributed by atoms with Gasteiger partial charge >= 0.3 is 0 Å². The number of piperazine rings is 1. The Kier molecular flexibility index (Phi) is 6.15. The predicted molar refractivity (Wildman–Crippen MR) is 125 cm³/mol. The van der Waals surface area contributed by atoms with Gasteiger partial charge in [-0.05, 0) is 72.8 Å². The van der Waals surface area contributed by atoms with E-state index in [0.29, 0.717) is 5.56 Å². The zero-order valence-electron chi connectivity index (χ0n) is 17.1. The molecule has 1 fully saturated rings. The molecule has 30 heavy (non-hydrogen) atoms. The zero-order valence-corrected chi connectivity index (χ0v) is 17.1. The van der Waals surface area contributed by atoms with Crippen molar-refractivity contribution in [2.75, 3.05) is 54.1 Å². The van der Waals surface area contributed by atoms with E-state index in [2.05, 4.69) is 26.2 Å². The number of amides is 1. The number of nitrogens with one attached hydrogen (secondary N) is 4. The first-order valence-electron chi connectivity index (χ1n) is 10.2. The second-order valence-electron chi connectivity index (χ2n) is 7.27. The smallest absolute Gasteiger partial charge is 0.255 e. The zero-order chi connectivity index (χ0) is 20.8. The first-order valence-corrected chi connectivity index (χ1v) is 10.2. The van der Waals surface area contributed by atoms with E-state index in [9.17, 15) is 4.79 Å². The van der Waals surface area contributed by atoms with Crippen molar-refractivity contribution in [2.45, 2.75) is 0 Å². The number of hydrogen-bond donors (Lipinski definition) is 4. The Balaban J connectivity index is 1.34. The summed E-state index contributed by atoms with van der Waals surface area (Å²) < 4.78 is 0.